The Morgan fingerprint density at radius 3 is 2.96 bits per heavy atom. The summed E-state index contributed by atoms with van der Waals surface area (Å²) in [5.41, 5.74) is 2.06. The predicted octanol–water partition coefficient (Wildman–Crippen LogP) is 2.13. The molecule has 134 valence electrons. The van der Waals surface area contributed by atoms with Crippen LogP contribution in [0.25, 0.3) is 10.9 Å². The number of H-pyrrole nitrogens is 1. The number of fused-ring (bicyclic) bond motifs is 1. The highest BCUT2D eigenvalue weighted by atomic mass is 16.7. The standard InChI is InChI=1S/C18H24N4O3/c1-21(2)9-7-13-11-20-14-5-4-6-15(17(13)14)25-18(23)24-12-16-19-8-10-22(16)3/h4-6,11,20H,7-10,12H2,1-3H3. The van der Waals surface area contributed by atoms with Crippen molar-refractivity contribution in [1.29, 1.82) is 0 Å². The molecule has 7 nitrogen and oxygen atoms in total. The van der Waals surface area contributed by atoms with Gasteiger partial charge < -0.3 is 24.3 Å². The van der Waals surface area contributed by atoms with Crippen molar-refractivity contribution in [1.82, 2.24) is 14.8 Å². The number of nitrogens with zero attached hydrogens (tertiary/aromatic N) is 3. The molecule has 0 spiro atoms. The Balaban J connectivity index is 1.69. The maximum absolute atomic E-state index is 12.1. The predicted molar refractivity (Wildman–Crippen MR) is 97.5 cm³/mol. The number of carbonyl (C=O) groups is 1. The highest BCUT2D eigenvalue weighted by Crippen LogP contribution is 2.29. The maximum atomic E-state index is 12.1. The quantitative estimate of drug-likeness (QED) is 0.642. The van der Waals surface area contributed by atoms with Gasteiger partial charge in [-0.15, -0.1) is 0 Å². The van der Waals surface area contributed by atoms with E-state index in [-0.39, 0.29) is 6.61 Å². The van der Waals surface area contributed by atoms with E-state index in [2.05, 4.69) is 14.9 Å². The minimum absolute atomic E-state index is 0.131. The van der Waals surface area contributed by atoms with Crippen molar-refractivity contribution >= 4 is 22.9 Å². The van der Waals surface area contributed by atoms with E-state index in [0.29, 0.717) is 5.75 Å². The van der Waals surface area contributed by atoms with E-state index in [1.54, 1.807) is 6.07 Å². The number of nitrogens with one attached hydrogen (secondary N) is 1. The Hall–Kier alpha value is -2.54. The van der Waals surface area contributed by atoms with Crippen LogP contribution in [0.4, 0.5) is 4.79 Å². The van der Waals surface area contributed by atoms with E-state index < -0.39 is 6.16 Å². The SMILES string of the molecule is CN(C)CCc1c[nH]c2cccc(OC(=O)OCC3=NCCN3C)c12. The zero-order valence-electron chi connectivity index (χ0n) is 14.9. The van der Waals surface area contributed by atoms with Crippen molar-refractivity contribution in [2.24, 2.45) is 4.99 Å². The molecule has 0 bridgehead atoms. The number of aromatic amines is 1. The number of hydrogen-bond acceptors (Lipinski definition) is 6. The highest BCUT2D eigenvalue weighted by molar-refractivity contribution is 5.91. The second-order valence-corrected chi connectivity index (χ2v) is 6.41. The fraction of sp³-hybridized carbons (Fsp3) is 0.444. The molecule has 1 N–H and O–H groups in total. The molecular weight excluding hydrogens is 320 g/mol. The van der Waals surface area contributed by atoms with Crippen LogP contribution in [0.3, 0.4) is 0 Å². The molecule has 1 aliphatic heterocycles. The van der Waals surface area contributed by atoms with Gasteiger partial charge in [-0.05, 0) is 38.2 Å². The van der Waals surface area contributed by atoms with Crippen LogP contribution in [0.5, 0.6) is 5.75 Å². The van der Waals surface area contributed by atoms with Gasteiger partial charge in [0.05, 0.1) is 6.54 Å². The molecule has 1 aromatic carbocycles. The number of aliphatic imine (C=N–C) groups is 1. The first kappa shape index (κ1) is 17.3. The Morgan fingerprint density at radius 1 is 1.40 bits per heavy atom. The molecule has 0 aliphatic carbocycles. The first-order valence-corrected chi connectivity index (χ1v) is 8.37. The van der Waals surface area contributed by atoms with E-state index >= 15 is 0 Å². The van der Waals surface area contributed by atoms with Crippen LogP contribution in [0.15, 0.2) is 29.4 Å². The van der Waals surface area contributed by atoms with Gasteiger partial charge in [0.2, 0.25) is 0 Å². The van der Waals surface area contributed by atoms with Crippen LogP contribution in [0, 0.1) is 0 Å². The molecule has 0 radical (unpaired) electrons. The Kier molecular flexibility index (Phi) is 5.23. The smallest absolute Gasteiger partial charge is 0.426 e. The first-order chi connectivity index (χ1) is 12.0. The second kappa shape index (κ2) is 7.57. The summed E-state index contributed by atoms with van der Waals surface area (Å²) in [7, 11) is 6.00. The van der Waals surface area contributed by atoms with E-state index in [4.69, 9.17) is 9.47 Å². The molecule has 0 fully saturated rings. The Bertz CT molecular complexity index is 782. The fourth-order valence-corrected chi connectivity index (χ4v) is 2.82. The summed E-state index contributed by atoms with van der Waals surface area (Å²) in [6, 6.07) is 5.61. The van der Waals surface area contributed by atoms with Crippen LogP contribution in [0.1, 0.15) is 5.56 Å². The number of amidine groups is 1. The fourth-order valence-electron chi connectivity index (χ4n) is 2.82. The summed E-state index contributed by atoms with van der Waals surface area (Å²) in [5.74, 6) is 1.28. The third-order valence-electron chi connectivity index (χ3n) is 4.26. The molecule has 0 amide bonds. The molecule has 1 aromatic heterocycles. The van der Waals surface area contributed by atoms with E-state index in [1.807, 2.05) is 44.4 Å². The molecule has 3 rings (SSSR count). The molecular formula is C18H24N4O3. The minimum atomic E-state index is -0.713. The van der Waals surface area contributed by atoms with E-state index in [9.17, 15) is 4.79 Å². The van der Waals surface area contributed by atoms with Gasteiger partial charge in [-0.25, -0.2) is 4.79 Å². The minimum Gasteiger partial charge on any atom is -0.426 e. The van der Waals surface area contributed by atoms with Crippen molar-refractivity contribution in [3.63, 3.8) is 0 Å². The number of benzene rings is 1. The van der Waals surface area contributed by atoms with Crippen molar-refractivity contribution < 1.29 is 14.3 Å². The molecule has 0 atom stereocenters. The lowest BCUT2D eigenvalue weighted by molar-refractivity contribution is 0.111. The second-order valence-electron chi connectivity index (χ2n) is 6.41. The number of rotatable bonds is 6. The number of carbonyl (C=O) groups excluding carboxylic acids is 1. The zero-order chi connectivity index (χ0) is 17.8. The summed E-state index contributed by atoms with van der Waals surface area (Å²) in [6.45, 7) is 2.64. The van der Waals surface area contributed by atoms with E-state index in [1.165, 1.54) is 0 Å². The average Bonchev–Trinajstić information content (AvgIpc) is 3.17. The monoisotopic (exact) mass is 344 g/mol. The normalized spacial score (nSPS) is 14.2. The van der Waals surface area contributed by atoms with Crippen molar-refractivity contribution in [3.05, 3.63) is 30.0 Å². The number of likely N-dealkylation sites (N-methyl/N-ethyl adjacent to an activating group) is 2. The lowest BCUT2D eigenvalue weighted by Gasteiger charge is -2.14. The summed E-state index contributed by atoms with van der Waals surface area (Å²) < 4.78 is 10.7. The van der Waals surface area contributed by atoms with Gasteiger partial charge in [0.25, 0.3) is 0 Å². The Morgan fingerprint density at radius 2 is 2.24 bits per heavy atom. The maximum Gasteiger partial charge on any atom is 0.514 e. The molecule has 0 unspecified atom stereocenters. The summed E-state index contributed by atoms with van der Waals surface area (Å²) in [6.07, 6.45) is 2.12. The van der Waals surface area contributed by atoms with Crippen LogP contribution in [-0.4, -0.2) is 74.2 Å². The van der Waals surface area contributed by atoms with Crippen molar-refractivity contribution in [2.45, 2.75) is 6.42 Å². The van der Waals surface area contributed by atoms with Gasteiger partial charge in [0.1, 0.15) is 11.6 Å². The first-order valence-electron chi connectivity index (χ1n) is 8.37. The van der Waals surface area contributed by atoms with Gasteiger partial charge in [-0.3, -0.25) is 4.99 Å². The van der Waals surface area contributed by atoms with Gasteiger partial charge in [0, 0.05) is 37.2 Å². The van der Waals surface area contributed by atoms with Crippen molar-refractivity contribution in [2.75, 3.05) is 47.4 Å². The molecule has 7 heteroatoms. The molecule has 0 saturated heterocycles. The van der Waals surface area contributed by atoms with Gasteiger partial charge in [-0.2, -0.15) is 0 Å². The number of ether oxygens (including phenoxy) is 2. The molecule has 1 aliphatic rings. The van der Waals surface area contributed by atoms with Gasteiger partial charge in [0.15, 0.2) is 6.61 Å². The topological polar surface area (TPSA) is 70.2 Å². The third-order valence-corrected chi connectivity index (χ3v) is 4.26. The van der Waals surface area contributed by atoms with Crippen LogP contribution in [0.2, 0.25) is 0 Å². The number of aromatic nitrogens is 1. The number of hydrogen-bond donors (Lipinski definition) is 1. The van der Waals surface area contributed by atoms with Crippen LogP contribution < -0.4 is 4.74 Å². The van der Waals surface area contributed by atoms with Gasteiger partial charge >= 0.3 is 6.16 Å². The van der Waals surface area contributed by atoms with Crippen LogP contribution in [-0.2, 0) is 11.2 Å². The highest BCUT2D eigenvalue weighted by Gasteiger charge is 2.17. The average molecular weight is 344 g/mol. The molecule has 25 heavy (non-hydrogen) atoms. The molecule has 2 aromatic rings. The summed E-state index contributed by atoms with van der Waals surface area (Å²) >= 11 is 0. The molecule has 2 heterocycles. The summed E-state index contributed by atoms with van der Waals surface area (Å²) in [4.78, 5) is 23.7. The van der Waals surface area contributed by atoms with E-state index in [0.717, 1.165) is 48.4 Å². The van der Waals surface area contributed by atoms with Crippen molar-refractivity contribution in [3.8, 4) is 5.75 Å². The largest absolute Gasteiger partial charge is 0.514 e. The lowest BCUT2D eigenvalue weighted by Crippen LogP contribution is -2.28. The van der Waals surface area contributed by atoms with Gasteiger partial charge in [-0.1, -0.05) is 6.07 Å². The zero-order valence-corrected chi connectivity index (χ0v) is 14.9. The molecule has 0 saturated carbocycles. The van der Waals surface area contributed by atoms with Crippen LogP contribution >= 0.6 is 0 Å². The third kappa shape index (κ3) is 4.11. The Labute approximate surface area is 147 Å². The lowest BCUT2D eigenvalue weighted by atomic mass is 10.1. The summed E-state index contributed by atoms with van der Waals surface area (Å²) in [5, 5.41) is 0.927.